The molecule has 2 N–H and O–H groups in total. The zero-order valence-electron chi connectivity index (χ0n) is 14.3. The van der Waals surface area contributed by atoms with Gasteiger partial charge in [-0.15, -0.1) is 0 Å². The van der Waals surface area contributed by atoms with E-state index in [1.54, 1.807) is 38.5 Å². The van der Waals surface area contributed by atoms with Crippen molar-refractivity contribution in [3.8, 4) is 22.8 Å². The molecular formula is C18H22N2O5. The van der Waals surface area contributed by atoms with Crippen LogP contribution in [0.15, 0.2) is 28.8 Å². The van der Waals surface area contributed by atoms with Gasteiger partial charge in [-0.3, -0.25) is 4.79 Å². The van der Waals surface area contributed by atoms with Crippen LogP contribution in [0.2, 0.25) is 0 Å². The third kappa shape index (κ3) is 3.76. The van der Waals surface area contributed by atoms with Gasteiger partial charge in [-0.2, -0.15) is 0 Å². The van der Waals surface area contributed by atoms with Gasteiger partial charge in [0.2, 0.25) is 0 Å². The highest BCUT2D eigenvalue weighted by atomic mass is 16.5. The quantitative estimate of drug-likeness (QED) is 0.863. The Labute approximate surface area is 145 Å². The molecule has 0 bridgehead atoms. The largest absolute Gasteiger partial charge is 0.497 e. The van der Waals surface area contributed by atoms with E-state index in [1.165, 1.54) is 0 Å². The minimum atomic E-state index is -0.512. The molecule has 2 atom stereocenters. The zero-order valence-corrected chi connectivity index (χ0v) is 14.3. The van der Waals surface area contributed by atoms with Gasteiger partial charge in [0.15, 0.2) is 11.5 Å². The van der Waals surface area contributed by atoms with Crippen molar-refractivity contribution in [1.29, 1.82) is 0 Å². The molecule has 1 amide bonds. The van der Waals surface area contributed by atoms with E-state index < -0.39 is 6.10 Å². The van der Waals surface area contributed by atoms with E-state index >= 15 is 0 Å². The van der Waals surface area contributed by atoms with Gasteiger partial charge >= 0.3 is 0 Å². The molecule has 1 aromatic carbocycles. The Bertz CT molecular complexity index is 743. The van der Waals surface area contributed by atoms with E-state index in [-0.39, 0.29) is 17.6 Å². The number of ether oxygens (including phenoxy) is 2. The summed E-state index contributed by atoms with van der Waals surface area (Å²) in [7, 11) is 3.13. The molecular weight excluding hydrogens is 324 g/mol. The summed E-state index contributed by atoms with van der Waals surface area (Å²) in [5.74, 6) is 1.28. The lowest BCUT2D eigenvalue weighted by Gasteiger charge is -2.27. The first kappa shape index (κ1) is 17.3. The Morgan fingerprint density at radius 1 is 1.24 bits per heavy atom. The first-order valence-electron chi connectivity index (χ1n) is 8.30. The number of amides is 1. The summed E-state index contributed by atoms with van der Waals surface area (Å²) in [6.45, 7) is 0. The topological polar surface area (TPSA) is 93.8 Å². The SMILES string of the molecule is COc1ccc(OC)c(-c2cc(C(=O)NC3CCCCC3O)no2)c1. The Morgan fingerprint density at radius 2 is 2.04 bits per heavy atom. The highest BCUT2D eigenvalue weighted by molar-refractivity contribution is 5.93. The second-order valence-electron chi connectivity index (χ2n) is 6.07. The molecule has 0 saturated heterocycles. The third-order valence-corrected chi connectivity index (χ3v) is 4.46. The van der Waals surface area contributed by atoms with Gasteiger partial charge in [-0.25, -0.2) is 0 Å². The molecule has 0 radical (unpaired) electrons. The molecule has 1 fully saturated rings. The summed E-state index contributed by atoms with van der Waals surface area (Å²) < 4.78 is 15.9. The summed E-state index contributed by atoms with van der Waals surface area (Å²) in [4.78, 5) is 12.4. The van der Waals surface area contributed by atoms with Gasteiger partial charge in [-0.1, -0.05) is 18.0 Å². The van der Waals surface area contributed by atoms with Crippen molar-refractivity contribution < 1.29 is 23.9 Å². The lowest BCUT2D eigenvalue weighted by Crippen LogP contribution is -2.45. The predicted molar refractivity (Wildman–Crippen MR) is 90.8 cm³/mol. The van der Waals surface area contributed by atoms with E-state index in [0.717, 1.165) is 19.3 Å². The van der Waals surface area contributed by atoms with Crippen LogP contribution in [0.4, 0.5) is 0 Å². The summed E-state index contributed by atoms with van der Waals surface area (Å²) in [6, 6.07) is 6.60. The van der Waals surface area contributed by atoms with Gasteiger partial charge in [0.05, 0.1) is 31.9 Å². The minimum absolute atomic E-state index is 0.164. The lowest BCUT2D eigenvalue weighted by atomic mass is 9.92. The van der Waals surface area contributed by atoms with Crippen molar-refractivity contribution in [2.75, 3.05) is 14.2 Å². The van der Waals surface area contributed by atoms with E-state index in [0.29, 0.717) is 29.2 Å². The van der Waals surface area contributed by atoms with Gasteiger partial charge in [-0.05, 0) is 31.0 Å². The van der Waals surface area contributed by atoms with Crippen LogP contribution in [0.1, 0.15) is 36.2 Å². The van der Waals surface area contributed by atoms with E-state index in [9.17, 15) is 9.90 Å². The average molecular weight is 346 g/mol. The molecule has 0 spiro atoms. The molecule has 7 nitrogen and oxygen atoms in total. The zero-order chi connectivity index (χ0) is 17.8. The monoisotopic (exact) mass is 346 g/mol. The van der Waals surface area contributed by atoms with E-state index in [1.807, 2.05) is 0 Å². The second kappa shape index (κ2) is 7.57. The Kier molecular flexibility index (Phi) is 5.23. The van der Waals surface area contributed by atoms with Crippen LogP contribution in [0.5, 0.6) is 11.5 Å². The van der Waals surface area contributed by atoms with Crippen LogP contribution >= 0.6 is 0 Å². The number of aliphatic hydroxyl groups excluding tert-OH is 1. The number of methoxy groups -OCH3 is 2. The number of carbonyl (C=O) groups is 1. The first-order valence-corrected chi connectivity index (χ1v) is 8.30. The molecule has 1 saturated carbocycles. The number of carbonyl (C=O) groups excluding carboxylic acids is 1. The highest BCUT2D eigenvalue weighted by Crippen LogP contribution is 2.33. The van der Waals surface area contributed by atoms with Crippen LogP contribution in [0.25, 0.3) is 11.3 Å². The van der Waals surface area contributed by atoms with Crippen molar-refractivity contribution in [2.24, 2.45) is 0 Å². The van der Waals surface area contributed by atoms with Gasteiger partial charge in [0, 0.05) is 6.07 Å². The maximum Gasteiger partial charge on any atom is 0.273 e. The Balaban J connectivity index is 1.79. The molecule has 25 heavy (non-hydrogen) atoms. The fourth-order valence-corrected chi connectivity index (χ4v) is 3.04. The van der Waals surface area contributed by atoms with Gasteiger partial charge in [0.25, 0.3) is 5.91 Å². The Morgan fingerprint density at radius 3 is 2.76 bits per heavy atom. The summed E-state index contributed by atoms with van der Waals surface area (Å²) in [6.07, 6.45) is 2.93. The maximum absolute atomic E-state index is 12.4. The van der Waals surface area contributed by atoms with Crippen molar-refractivity contribution in [3.05, 3.63) is 30.0 Å². The maximum atomic E-state index is 12.4. The number of aromatic nitrogens is 1. The standard InChI is InChI=1S/C18H22N2O5/c1-23-11-7-8-16(24-2)12(9-11)17-10-14(20-25-17)18(22)19-13-5-3-4-6-15(13)21/h7-10,13,15,21H,3-6H2,1-2H3,(H,19,22). The average Bonchev–Trinajstić information content (AvgIpc) is 3.13. The molecule has 1 aromatic heterocycles. The number of aliphatic hydroxyl groups is 1. The molecule has 3 rings (SSSR count). The van der Waals surface area contributed by atoms with Crippen LogP contribution in [-0.2, 0) is 0 Å². The van der Waals surface area contributed by atoms with E-state index in [4.69, 9.17) is 14.0 Å². The lowest BCUT2D eigenvalue weighted by molar-refractivity contribution is 0.0711. The number of hydrogen-bond donors (Lipinski definition) is 2. The van der Waals surface area contributed by atoms with Crippen LogP contribution < -0.4 is 14.8 Å². The number of hydrogen-bond acceptors (Lipinski definition) is 6. The highest BCUT2D eigenvalue weighted by Gasteiger charge is 2.26. The smallest absolute Gasteiger partial charge is 0.273 e. The number of nitrogens with one attached hydrogen (secondary N) is 1. The van der Waals surface area contributed by atoms with Crippen molar-refractivity contribution in [3.63, 3.8) is 0 Å². The molecule has 7 heteroatoms. The number of rotatable bonds is 5. The fourth-order valence-electron chi connectivity index (χ4n) is 3.04. The van der Waals surface area contributed by atoms with E-state index in [2.05, 4.69) is 10.5 Å². The number of benzene rings is 1. The molecule has 0 aliphatic heterocycles. The molecule has 1 heterocycles. The summed E-state index contributed by atoms with van der Waals surface area (Å²) in [5, 5.41) is 16.7. The second-order valence-corrected chi connectivity index (χ2v) is 6.07. The number of nitrogens with zero attached hydrogens (tertiary/aromatic N) is 1. The van der Waals surface area contributed by atoms with Crippen molar-refractivity contribution in [2.45, 2.75) is 37.8 Å². The first-order chi connectivity index (χ1) is 12.1. The van der Waals surface area contributed by atoms with Gasteiger partial charge < -0.3 is 24.4 Å². The molecule has 134 valence electrons. The van der Waals surface area contributed by atoms with Gasteiger partial charge in [0.1, 0.15) is 11.5 Å². The molecule has 2 aromatic rings. The fraction of sp³-hybridized carbons (Fsp3) is 0.444. The Hall–Kier alpha value is -2.54. The molecule has 2 unspecified atom stereocenters. The van der Waals surface area contributed by atoms with Crippen LogP contribution in [0, 0.1) is 0 Å². The van der Waals surface area contributed by atoms with Crippen molar-refractivity contribution >= 4 is 5.91 Å². The van der Waals surface area contributed by atoms with Crippen molar-refractivity contribution in [1.82, 2.24) is 10.5 Å². The predicted octanol–water partition coefficient (Wildman–Crippen LogP) is 2.39. The third-order valence-electron chi connectivity index (χ3n) is 4.46. The minimum Gasteiger partial charge on any atom is -0.497 e. The normalized spacial score (nSPS) is 20.1. The molecule has 1 aliphatic carbocycles. The summed E-state index contributed by atoms with van der Waals surface area (Å²) >= 11 is 0. The molecule has 1 aliphatic rings. The summed E-state index contributed by atoms with van der Waals surface area (Å²) in [5.41, 5.74) is 0.809. The van der Waals surface area contributed by atoms with Crippen LogP contribution in [-0.4, -0.2) is 42.5 Å². The van der Waals surface area contributed by atoms with Crippen LogP contribution in [0.3, 0.4) is 0 Å².